The molecule has 3 saturated heterocycles. The number of halogens is 1. The van der Waals surface area contributed by atoms with Crippen molar-refractivity contribution in [3.05, 3.63) is 35.9 Å². The second-order valence-corrected chi connectivity index (χ2v) is 8.51. The number of hydrogen-bond donors (Lipinski definition) is 1. The molecule has 8 heteroatoms. The molecule has 2 unspecified atom stereocenters. The average Bonchev–Trinajstić information content (AvgIpc) is 3.23. The van der Waals surface area contributed by atoms with Crippen LogP contribution in [0.25, 0.3) is 0 Å². The Bertz CT molecular complexity index is 699. The third-order valence-corrected chi connectivity index (χ3v) is 6.63. The second kappa shape index (κ2) is 11.8. The van der Waals surface area contributed by atoms with Crippen LogP contribution >= 0.6 is 24.0 Å². The number of benzene rings is 1. The highest BCUT2D eigenvalue weighted by Gasteiger charge is 2.41. The van der Waals surface area contributed by atoms with Gasteiger partial charge in [-0.1, -0.05) is 30.3 Å². The van der Waals surface area contributed by atoms with Crippen LogP contribution in [-0.2, 0) is 20.8 Å². The molecule has 2 atom stereocenters. The molecule has 3 aliphatic rings. The zero-order valence-corrected chi connectivity index (χ0v) is 21.1. The molecule has 1 aromatic carbocycles. The Labute approximate surface area is 203 Å². The molecule has 1 aromatic rings. The molecule has 1 N–H and O–H groups in total. The zero-order valence-electron chi connectivity index (χ0n) is 18.8. The van der Waals surface area contributed by atoms with E-state index in [1.54, 1.807) is 7.11 Å². The topological polar surface area (TPSA) is 58.6 Å². The number of morpholine rings is 1. The summed E-state index contributed by atoms with van der Waals surface area (Å²) in [7, 11) is 1.80. The third-order valence-electron chi connectivity index (χ3n) is 6.63. The maximum absolute atomic E-state index is 6.16. The molecule has 0 radical (unpaired) electrons. The average molecular weight is 544 g/mol. The predicted molar refractivity (Wildman–Crippen MR) is 133 cm³/mol. The maximum Gasteiger partial charge on any atom is 0.194 e. The van der Waals surface area contributed by atoms with Gasteiger partial charge in [-0.25, -0.2) is 0 Å². The van der Waals surface area contributed by atoms with Crippen molar-refractivity contribution in [2.45, 2.75) is 44.1 Å². The first-order valence-electron chi connectivity index (χ1n) is 11.3. The van der Waals surface area contributed by atoms with Crippen molar-refractivity contribution in [3.63, 3.8) is 0 Å². The predicted octanol–water partition coefficient (Wildman–Crippen LogP) is 2.35. The Kier molecular flexibility index (Phi) is 9.39. The fourth-order valence-corrected chi connectivity index (χ4v) is 4.76. The Morgan fingerprint density at radius 3 is 2.68 bits per heavy atom. The van der Waals surface area contributed by atoms with Gasteiger partial charge in [-0.2, -0.15) is 0 Å². The van der Waals surface area contributed by atoms with Crippen LogP contribution in [0.2, 0.25) is 0 Å². The van der Waals surface area contributed by atoms with Crippen LogP contribution in [-0.4, -0.2) is 93.2 Å². The molecule has 3 aliphatic heterocycles. The summed E-state index contributed by atoms with van der Waals surface area (Å²) in [6.07, 6.45) is 2.02. The summed E-state index contributed by atoms with van der Waals surface area (Å²) in [5.74, 6) is 0.970. The van der Waals surface area contributed by atoms with Crippen LogP contribution in [0.5, 0.6) is 0 Å². The Morgan fingerprint density at radius 1 is 1.19 bits per heavy atom. The summed E-state index contributed by atoms with van der Waals surface area (Å²) in [5, 5.41) is 3.49. The largest absolute Gasteiger partial charge is 0.381 e. The lowest BCUT2D eigenvalue weighted by Crippen LogP contribution is -2.50. The van der Waals surface area contributed by atoms with Gasteiger partial charge in [0.05, 0.1) is 30.9 Å². The first-order chi connectivity index (χ1) is 14.7. The number of hydrogen-bond acceptors (Lipinski definition) is 5. The lowest BCUT2D eigenvalue weighted by molar-refractivity contribution is -0.0829. The van der Waals surface area contributed by atoms with Crippen molar-refractivity contribution in [1.82, 2.24) is 15.1 Å². The zero-order chi connectivity index (χ0) is 20.8. The van der Waals surface area contributed by atoms with Crippen molar-refractivity contribution in [2.24, 2.45) is 4.99 Å². The van der Waals surface area contributed by atoms with Gasteiger partial charge < -0.3 is 24.4 Å². The molecule has 3 fully saturated rings. The first kappa shape index (κ1) is 24.7. The number of aliphatic imine (C=N–C) groups is 1. The van der Waals surface area contributed by atoms with Crippen molar-refractivity contribution in [1.29, 1.82) is 0 Å². The number of ether oxygens (including phenoxy) is 3. The quantitative estimate of drug-likeness (QED) is 0.337. The van der Waals surface area contributed by atoms with E-state index in [1.807, 2.05) is 0 Å². The monoisotopic (exact) mass is 544 g/mol. The third kappa shape index (κ3) is 6.10. The van der Waals surface area contributed by atoms with Crippen LogP contribution in [0.3, 0.4) is 0 Å². The summed E-state index contributed by atoms with van der Waals surface area (Å²) in [5.41, 5.74) is 1.15. The Hall–Kier alpha value is -0.940. The minimum atomic E-state index is -0.207. The van der Waals surface area contributed by atoms with Crippen molar-refractivity contribution < 1.29 is 14.2 Å². The maximum atomic E-state index is 6.16. The van der Waals surface area contributed by atoms with Crippen LogP contribution in [0, 0.1) is 0 Å². The van der Waals surface area contributed by atoms with Crippen LogP contribution in [0.1, 0.15) is 25.3 Å². The molecular weight excluding hydrogens is 507 g/mol. The number of methoxy groups -OCH3 is 1. The summed E-state index contributed by atoms with van der Waals surface area (Å²) >= 11 is 0. The molecule has 0 amide bonds. The minimum absolute atomic E-state index is 0. The smallest absolute Gasteiger partial charge is 0.194 e. The Morgan fingerprint density at radius 2 is 1.97 bits per heavy atom. The molecular formula is C23H37IN4O3. The SMILES string of the molecule is CCNC(=NCC1(OC)CCOCC1)N1CC2OCCN(Cc3ccccc3)C2C1.I. The van der Waals surface area contributed by atoms with Crippen molar-refractivity contribution >= 4 is 29.9 Å². The van der Waals surface area contributed by atoms with Crippen molar-refractivity contribution in [3.8, 4) is 0 Å². The van der Waals surface area contributed by atoms with Gasteiger partial charge in [0.2, 0.25) is 0 Å². The van der Waals surface area contributed by atoms with E-state index in [-0.39, 0.29) is 35.7 Å². The summed E-state index contributed by atoms with van der Waals surface area (Å²) in [4.78, 5) is 9.94. The molecule has 31 heavy (non-hydrogen) atoms. The number of nitrogens with one attached hydrogen (secondary N) is 1. The van der Waals surface area contributed by atoms with Gasteiger partial charge in [-0.05, 0) is 12.5 Å². The molecule has 7 nitrogen and oxygen atoms in total. The van der Waals surface area contributed by atoms with Crippen LogP contribution in [0.15, 0.2) is 35.3 Å². The normalized spacial score (nSPS) is 26.3. The molecule has 0 aromatic heterocycles. The highest BCUT2D eigenvalue weighted by molar-refractivity contribution is 14.0. The summed E-state index contributed by atoms with van der Waals surface area (Å²) in [6, 6.07) is 11.1. The van der Waals surface area contributed by atoms with Gasteiger partial charge in [0.1, 0.15) is 0 Å². The first-order valence-corrected chi connectivity index (χ1v) is 11.3. The minimum Gasteiger partial charge on any atom is -0.381 e. The van der Waals surface area contributed by atoms with Gasteiger partial charge in [-0.15, -0.1) is 24.0 Å². The fraction of sp³-hybridized carbons (Fsp3) is 0.696. The summed E-state index contributed by atoms with van der Waals surface area (Å²) < 4.78 is 17.6. The lowest BCUT2D eigenvalue weighted by atomic mass is 9.94. The van der Waals surface area contributed by atoms with Gasteiger partial charge in [-0.3, -0.25) is 9.89 Å². The lowest BCUT2D eigenvalue weighted by Gasteiger charge is -2.36. The van der Waals surface area contributed by atoms with E-state index in [4.69, 9.17) is 19.2 Å². The van der Waals surface area contributed by atoms with E-state index in [0.717, 1.165) is 71.3 Å². The van der Waals surface area contributed by atoms with E-state index < -0.39 is 0 Å². The summed E-state index contributed by atoms with van der Waals surface area (Å²) in [6.45, 7) is 9.69. The number of nitrogens with zero attached hydrogens (tertiary/aromatic N) is 3. The van der Waals surface area contributed by atoms with Gasteiger partial charge in [0, 0.05) is 65.9 Å². The standard InChI is InChI=1S/C23H36N4O3.HI/c1-3-24-22(25-18-23(28-2)9-12-29-13-10-23)27-16-20-21(17-27)30-14-11-26(20)15-19-7-5-4-6-8-19;/h4-8,20-21H,3,9-18H2,1-2H3,(H,24,25);1H. The number of likely N-dealkylation sites (tertiary alicyclic amines) is 1. The number of guanidine groups is 1. The van der Waals surface area contributed by atoms with E-state index in [9.17, 15) is 0 Å². The van der Waals surface area contributed by atoms with Crippen LogP contribution < -0.4 is 5.32 Å². The highest BCUT2D eigenvalue weighted by Crippen LogP contribution is 2.27. The van der Waals surface area contributed by atoms with Gasteiger partial charge in [0.25, 0.3) is 0 Å². The number of fused-ring (bicyclic) bond motifs is 1. The molecule has 0 saturated carbocycles. The van der Waals surface area contributed by atoms with Crippen molar-refractivity contribution in [2.75, 3.05) is 59.7 Å². The van der Waals surface area contributed by atoms with Gasteiger partial charge >= 0.3 is 0 Å². The molecule has 0 aliphatic carbocycles. The molecule has 0 spiro atoms. The molecule has 4 rings (SSSR count). The molecule has 3 heterocycles. The van der Waals surface area contributed by atoms with Crippen LogP contribution in [0.4, 0.5) is 0 Å². The molecule has 0 bridgehead atoms. The Balaban J connectivity index is 0.00000272. The fourth-order valence-electron chi connectivity index (χ4n) is 4.76. The van der Waals surface area contributed by atoms with Gasteiger partial charge in [0.15, 0.2) is 5.96 Å². The van der Waals surface area contributed by atoms with E-state index in [1.165, 1.54) is 5.56 Å². The highest BCUT2D eigenvalue weighted by atomic mass is 127. The molecule has 174 valence electrons. The second-order valence-electron chi connectivity index (χ2n) is 8.51. The van der Waals surface area contributed by atoms with E-state index in [0.29, 0.717) is 12.6 Å². The van der Waals surface area contributed by atoms with E-state index in [2.05, 4.69) is 52.4 Å². The van der Waals surface area contributed by atoms with E-state index >= 15 is 0 Å². The number of rotatable bonds is 6.